The van der Waals surface area contributed by atoms with Crippen molar-refractivity contribution < 1.29 is 0 Å². The Bertz CT molecular complexity index is 110. The van der Waals surface area contributed by atoms with E-state index in [0.717, 1.165) is 23.7 Å². The summed E-state index contributed by atoms with van der Waals surface area (Å²) in [6.45, 7) is 9.53. The molecule has 0 spiro atoms. The Morgan fingerprint density at radius 3 is 1.58 bits per heavy atom. The van der Waals surface area contributed by atoms with Crippen LogP contribution in [0, 0.1) is 23.7 Å². The lowest BCUT2D eigenvalue weighted by Crippen LogP contribution is -2.22. The molecular weight excluding hydrogens is 144 g/mol. The van der Waals surface area contributed by atoms with Crippen molar-refractivity contribution >= 4 is 0 Å². The predicted molar refractivity (Wildman–Crippen MR) is 55.1 cm³/mol. The lowest BCUT2D eigenvalue weighted by atomic mass is 9.72. The molecule has 1 aliphatic rings. The van der Waals surface area contributed by atoms with Crippen molar-refractivity contribution in [3.63, 3.8) is 0 Å². The summed E-state index contributed by atoms with van der Waals surface area (Å²) in [5.74, 6) is 3.86. The van der Waals surface area contributed by atoms with Gasteiger partial charge in [-0.05, 0) is 30.1 Å². The molecule has 1 rings (SSSR count). The van der Waals surface area contributed by atoms with E-state index in [2.05, 4.69) is 27.7 Å². The second-order valence-corrected chi connectivity index (χ2v) is 5.17. The van der Waals surface area contributed by atoms with Gasteiger partial charge in [0.1, 0.15) is 0 Å². The van der Waals surface area contributed by atoms with Gasteiger partial charge in [-0.2, -0.15) is 0 Å². The standard InChI is InChI=1S/C12H24/c1-9(2)11-6-5-7-12(8-11)10(3)4/h9-12H,5-8H2,1-4H3/t11-,12+. The van der Waals surface area contributed by atoms with E-state index in [1.54, 1.807) is 0 Å². The van der Waals surface area contributed by atoms with Crippen LogP contribution in [0.15, 0.2) is 0 Å². The van der Waals surface area contributed by atoms with Gasteiger partial charge >= 0.3 is 0 Å². The van der Waals surface area contributed by atoms with Crippen LogP contribution in [0.4, 0.5) is 0 Å². The van der Waals surface area contributed by atoms with Gasteiger partial charge < -0.3 is 0 Å². The Balaban J connectivity index is 2.40. The van der Waals surface area contributed by atoms with Gasteiger partial charge in [-0.1, -0.05) is 47.0 Å². The molecule has 0 aromatic rings. The third kappa shape index (κ3) is 2.50. The number of rotatable bonds is 2. The molecule has 1 aliphatic carbocycles. The van der Waals surface area contributed by atoms with Gasteiger partial charge in [0, 0.05) is 0 Å². The Morgan fingerprint density at radius 1 is 0.833 bits per heavy atom. The lowest BCUT2D eigenvalue weighted by Gasteiger charge is -2.33. The van der Waals surface area contributed by atoms with Crippen LogP contribution < -0.4 is 0 Å². The summed E-state index contributed by atoms with van der Waals surface area (Å²) in [6.07, 6.45) is 5.95. The Kier molecular flexibility index (Phi) is 3.61. The van der Waals surface area contributed by atoms with Crippen molar-refractivity contribution in [2.45, 2.75) is 53.4 Å². The van der Waals surface area contributed by atoms with Crippen molar-refractivity contribution in [1.82, 2.24) is 0 Å². The summed E-state index contributed by atoms with van der Waals surface area (Å²) in [5.41, 5.74) is 0. The summed E-state index contributed by atoms with van der Waals surface area (Å²) in [4.78, 5) is 0. The van der Waals surface area contributed by atoms with Gasteiger partial charge in [-0.25, -0.2) is 0 Å². The van der Waals surface area contributed by atoms with Crippen molar-refractivity contribution in [3.8, 4) is 0 Å². The molecule has 0 nitrogen and oxygen atoms in total. The van der Waals surface area contributed by atoms with E-state index in [1.807, 2.05) is 0 Å². The van der Waals surface area contributed by atoms with Crippen LogP contribution in [-0.4, -0.2) is 0 Å². The van der Waals surface area contributed by atoms with E-state index in [1.165, 1.54) is 25.7 Å². The first-order valence-electron chi connectivity index (χ1n) is 5.61. The highest BCUT2D eigenvalue weighted by atomic mass is 14.3. The van der Waals surface area contributed by atoms with E-state index in [4.69, 9.17) is 0 Å². The second kappa shape index (κ2) is 4.30. The number of hydrogen-bond acceptors (Lipinski definition) is 0. The van der Waals surface area contributed by atoms with Crippen molar-refractivity contribution in [3.05, 3.63) is 0 Å². The maximum Gasteiger partial charge on any atom is -0.0388 e. The fourth-order valence-electron chi connectivity index (χ4n) is 2.48. The van der Waals surface area contributed by atoms with E-state index in [9.17, 15) is 0 Å². The highest BCUT2D eigenvalue weighted by molar-refractivity contribution is 4.76. The molecule has 0 radical (unpaired) electrons. The predicted octanol–water partition coefficient (Wildman–Crippen LogP) is 4.10. The summed E-state index contributed by atoms with van der Waals surface area (Å²) < 4.78 is 0. The van der Waals surface area contributed by atoms with Crippen LogP contribution in [0.2, 0.25) is 0 Å². The SMILES string of the molecule is CC(C)[C@@H]1CCC[C@H](C(C)C)C1. The minimum atomic E-state index is 0.909. The second-order valence-electron chi connectivity index (χ2n) is 5.17. The zero-order valence-electron chi connectivity index (χ0n) is 9.14. The van der Waals surface area contributed by atoms with Crippen molar-refractivity contribution in [2.24, 2.45) is 23.7 Å². The highest BCUT2D eigenvalue weighted by Crippen LogP contribution is 2.36. The van der Waals surface area contributed by atoms with Gasteiger partial charge in [-0.3, -0.25) is 0 Å². The minimum Gasteiger partial charge on any atom is -0.0625 e. The molecule has 2 atom stereocenters. The zero-order valence-corrected chi connectivity index (χ0v) is 9.14. The molecule has 0 aromatic carbocycles. The summed E-state index contributed by atoms with van der Waals surface area (Å²) in [5, 5.41) is 0. The lowest BCUT2D eigenvalue weighted by molar-refractivity contribution is 0.177. The Labute approximate surface area is 77.7 Å². The van der Waals surface area contributed by atoms with E-state index >= 15 is 0 Å². The van der Waals surface area contributed by atoms with Gasteiger partial charge in [0.05, 0.1) is 0 Å². The van der Waals surface area contributed by atoms with E-state index < -0.39 is 0 Å². The highest BCUT2D eigenvalue weighted by Gasteiger charge is 2.25. The molecule has 12 heavy (non-hydrogen) atoms. The molecule has 1 saturated carbocycles. The molecule has 0 heterocycles. The third-order valence-corrected chi connectivity index (χ3v) is 3.64. The van der Waals surface area contributed by atoms with Gasteiger partial charge in [0.2, 0.25) is 0 Å². The molecule has 0 heteroatoms. The zero-order chi connectivity index (χ0) is 9.14. The molecule has 0 unspecified atom stereocenters. The van der Waals surface area contributed by atoms with Crippen LogP contribution in [0.1, 0.15) is 53.4 Å². The first-order chi connectivity index (χ1) is 5.61. The maximum absolute atomic E-state index is 2.38. The normalized spacial score (nSPS) is 31.5. The van der Waals surface area contributed by atoms with Gasteiger partial charge in [0.25, 0.3) is 0 Å². The fourth-order valence-corrected chi connectivity index (χ4v) is 2.48. The van der Waals surface area contributed by atoms with Crippen molar-refractivity contribution in [2.75, 3.05) is 0 Å². The summed E-state index contributed by atoms with van der Waals surface area (Å²) >= 11 is 0. The molecule has 72 valence electrons. The molecule has 1 fully saturated rings. The van der Waals surface area contributed by atoms with Gasteiger partial charge in [0.15, 0.2) is 0 Å². The summed E-state index contributed by atoms with van der Waals surface area (Å²) in [6, 6.07) is 0. The topological polar surface area (TPSA) is 0 Å². The average Bonchev–Trinajstić information content (AvgIpc) is 2.04. The molecule has 0 bridgehead atoms. The molecule has 0 saturated heterocycles. The quantitative estimate of drug-likeness (QED) is 0.582. The first-order valence-corrected chi connectivity index (χ1v) is 5.61. The fraction of sp³-hybridized carbons (Fsp3) is 1.00. The maximum atomic E-state index is 2.38. The monoisotopic (exact) mass is 168 g/mol. The Hall–Kier alpha value is 0. The van der Waals surface area contributed by atoms with Crippen LogP contribution in [0.3, 0.4) is 0 Å². The molecule has 0 aliphatic heterocycles. The van der Waals surface area contributed by atoms with Crippen LogP contribution >= 0.6 is 0 Å². The minimum absolute atomic E-state index is 0.909. The van der Waals surface area contributed by atoms with Crippen LogP contribution in [0.5, 0.6) is 0 Å². The number of hydrogen-bond donors (Lipinski definition) is 0. The van der Waals surface area contributed by atoms with E-state index in [0.29, 0.717) is 0 Å². The van der Waals surface area contributed by atoms with E-state index in [-0.39, 0.29) is 0 Å². The molecular formula is C12H24. The average molecular weight is 168 g/mol. The largest absolute Gasteiger partial charge is 0.0625 e. The van der Waals surface area contributed by atoms with Crippen molar-refractivity contribution in [1.29, 1.82) is 0 Å². The van der Waals surface area contributed by atoms with Gasteiger partial charge in [-0.15, -0.1) is 0 Å². The third-order valence-electron chi connectivity index (χ3n) is 3.64. The van der Waals surface area contributed by atoms with Crippen LogP contribution in [-0.2, 0) is 0 Å². The van der Waals surface area contributed by atoms with Crippen LogP contribution in [0.25, 0.3) is 0 Å². The molecule has 0 aromatic heterocycles. The molecule has 0 amide bonds. The Morgan fingerprint density at radius 2 is 1.25 bits per heavy atom. The summed E-state index contributed by atoms with van der Waals surface area (Å²) in [7, 11) is 0. The first kappa shape index (κ1) is 10.1. The smallest absolute Gasteiger partial charge is 0.0388 e. The molecule has 0 N–H and O–H groups in total.